The van der Waals surface area contributed by atoms with Crippen LogP contribution in [0.1, 0.15) is 24.6 Å². The molecule has 0 N–H and O–H groups in total. The van der Waals surface area contributed by atoms with Gasteiger partial charge in [-0.2, -0.15) is 0 Å². The topological polar surface area (TPSA) is 48.4 Å². The third-order valence-electron chi connectivity index (χ3n) is 2.12. The van der Waals surface area contributed by atoms with Crippen LogP contribution in [0.3, 0.4) is 0 Å². The van der Waals surface area contributed by atoms with Crippen molar-refractivity contribution in [3.63, 3.8) is 0 Å². The molecule has 0 amide bonds. The minimum absolute atomic E-state index is 0.0126. The average molecular weight is 425 g/mol. The zero-order valence-corrected chi connectivity index (χ0v) is 12.7. The molecule has 0 saturated heterocycles. The van der Waals surface area contributed by atoms with Crippen LogP contribution in [0.4, 0.5) is 22.0 Å². The minimum atomic E-state index is -5.01. The van der Waals surface area contributed by atoms with Gasteiger partial charge in [-0.05, 0) is 29.5 Å². The fraction of sp³-hybridized carbons (Fsp3) is 0.455. The molecule has 118 valence electrons. The molecular weight excluding hydrogens is 416 g/mol. The van der Waals surface area contributed by atoms with Gasteiger partial charge < -0.3 is 9.47 Å². The van der Waals surface area contributed by atoms with Gasteiger partial charge in [-0.1, -0.05) is 0 Å². The summed E-state index contributed by atoms with van der Waals surface area (Å²) in [5.74, 6) is -1.78. The first kappa shape index (κ1) is 17.9. The normalized spacial score (nSPS) is 11.6. The molecule has 0 spiro atoms. The largest absolute Gasteiger partial charge is 0.574 e. The molecule has 1 heterocycles. The molecule has 0 bridgehead atoms. The lowest BCUT2D eigenvalue weighted by Gasteiger charge is -2.14. The van der Waals surface area contributed by atoms with Gasteiger partial charge in [0.05, 0.1) is 24.3 Å². The second-order valence-corrected chi connectivity index (χ2v) is 4.80. The van der Waals surface area contributed by atoms with Crippen molar-refractivity contribution in [2.45, 2.75) is 26.1 Å². The monoisotopic (exact) mass is 425 g/mol. The van der Waals surface area contributed by atoms with Gasteiger partial charge in [-0.25, -0.2) is 13.8 Å². The van der Waals surface area contributed by atoms with E-state index in [1.807, 2.05) is 0 Å². The molecule has 0 unspecified atom stereocenters. The molecule has 4 nitrogen and oxygen atoms in total. The second-order valence-electron chi connectivity index (χ2n) is 3.63. The van der Waals surface area contributed by atoms with Crippen molar-refractivity contribution in [3.05, 3.63) is 20.9 Å². The number of pyridine rings is 1. The van der Waals surface area contributed by atoms with Gasteiger partial charge in [0.15, 0.2) is 0 Å². The fourth-order valence-corrected chi connectivity index (χ4v) is 2.25. The van der Waals surface area contributed by atoms with Crippen molar-refractivity contribution in [2.75, 3.05) is 6.61 Å². The van der Waals surface area contributed by atoms with Crippen LogP contribution in [0.15, 0.2) is 6.07 Å². The quantitative estimate of drug-likeness (QED) is 0.411. The van der Waals surface area contributed by atoms with E-state index < -0.39 is 42.3 Å². The zero-order chi connectivity index (χ0) is 16.2. The number of hydrogen-bond acceptors (Lipinski definition) is 4. The molecule has 0 aliphatic heterocycles. The first-order valence-corrected chi connectivity index (χ1v) is 6.60. The lowest BCUT2D eigenvalue weighted by atomic mass is 10.1. The Morgan fingerprint density at radius 3 is 2.52 bits per heavy atom. The number of esters is 1. The summed E-state index contributed by atoms with van der Waals surface area (Å²) >= 11 is 1.43. The Labute approximate surface area is 129 Å². The maximum Gasteiger partial charge on any atom is 0.574 e. The summed E-state index contributed by atoms with van der Waals surface area (Å²) in [7, 11) is 0. The van der Waals surface area contributed by atoms with Gasteiger partial charge in [0.25, 0.3) is 6.43 Å². The Morgan fingerprint density at radius 1 is 1.43 bits per heavy atom. The van der Waals surface area contributed by atoms with Crippen molar-refractivity contribution in [2.24, 2.45) is 0 Å². The molecule has 1 aromatic heterocycles. The van der Waals surface area contributed by atoms with Gasteiger partial charge >= 0.3 is 12.3 Å². The van der Waals surface area contributed by atoms with Crippen LogP contribution >= 0.6 is 22.6 Å². The molecule has 1 aromatic rings. The highest BCUT2D eigenvalue weighted by Gasteiger charge is 2.33. The minimum Gasteiger partial charge on any atom is -0.466 e. The van der Waals surface area contributed by atoms with Crippen molar-refractivity contribution in [3.8, 4) is 5.88 Å². The van der Waals surface area contributed by atoms with Gasteiger partial charge in [0.1, 0.15) is 0 Å². The van der Waals surface area contributed by atoms with E-state index in [2.05, 4.69) is 14.5 Å². The van der Waals surface area contributed by atoms with Crippen LogP contribution in [0, 0.1) is 3.57 Å². The molecular formula is C11H9F5INO3. The highest BCUT2D eigenvalue weighted by Crippen LogP contribution is 2.31. The third-order valence-corrected chi connectivity index (χ3v) is 3.01. The van der Waals surface area contributed by atoms with Crippen molar-refractivity contribution in [1.82, 2.24) is 4.98 Å². The van der Waals surface area contributed by atoms with E-state index in [0.29, 0.717) is 0 Å². The van der Waals surface area contributed by atoms with Gasteiger partial charge in [0, 0.05) is 9.64 Å². The Kier molecular flexibility index (Phi) is 6.10. The molecule has 0 radical (unpaired) electrons. The number of carbonyl (C=O) groups is 1. The molecule has 0 atom stereocenters. The van der Waals surface area contributed by atoms with Crippen LogP contribution < -0.4 is 4.74 Å². The Balaban J connectivity index is 3.19. The van der Waals surface area contributed by atoms with Crippen LogP contribution in [-0.4, -0.2) is 23.9 Å². The van der Waals surface area contributed by atoms with Crippen molar-refractivity contribution >= 4 is 28.6 Å². The van der Waals surface area contributed by atoms with Crippen LogP contribution in [-0.2, 0) is 16.0 Å². The van der Waals surface area contributed by atoms with E-state index in [-0.39, 0.29) is 10.2 Å². The maximum absolute atomic E-state index is 12.9. The molecule has 0 fully saturated rings. The highest BCUT2D eigenvalue weighted by atomic mass is 127. The van der Waals surface area contributed by atoms with E-state index in [1.54, 1.807) is 0 Å². The standard InChI is InChI=1S/C11H9F5INO3/c1-2-20-8(19)4-6-9(10(12)13)5(17)3-7(18-6)21-11(14,15)16/h3,10H,2,4H2,1H3. The van der Waals surface area contributed by atoms with Crippen molar-refractivity contribution in [1.29, 1.82) is 0 Å². The van der Waals surface area contributed by atoms with Gasteiger partial charge in [-0.15, -0.1) is 13.2 Å². The molecule has 1 rings (SSSR count). The summed E-state index contributed by atoms with van der Waals surface area (Å²) in [6.45, 7) is 1.52. The fourth-order valence-electron chi connectivity index (χ4n) is 1.43. The first-order valence-electron chi connectivity index (χ1n) is 5.52. The summed E-state index contributed by atoms with van der Waals surface area (Å²) < 4.78 is 70.3. The van der Waals surface area contributed by atoms with E-state index in [1.165, 1.54) is 29.5 Å². The second kappa shape index (κ2) is 7.18. The first-order chi connectivity index (χ1) is 9.64. The Hall–Kier alpha value is -1.20. The molecule has 0 aliphatic rings. The Morgan fingerprint density at radius 2 is 2.05 bits per heavy atom. The lowest BCUT2D eigenvalue weighted by Crippen LogP contribution is -2.19. The summed E-state index contributed by atoms with van der Waals surface area (Å²) in [4.78, 5) is 14.7. The lowest BCUT2D eigenvalue weighted by molar-refractivity contribution is -0.276. The summed E-state index contributed by atoms with van der Waals surface area (Å²) in [6.07, 6.45) is -8.67. The molecule has 0 aliphatic carbocycles. The molecule has 0 aromatic carbocycles. The SMILES string of the molecule is CCOC(=O)Cc1nc(OC(F)(F)F)cc(I)c1C(F)F. The maximum atomic E-state index is 12.9. The third kappa shape index (κ3) is 5.59. The number of hydrogen-bond donors (Lipinski definition) is 0. The van der Waals surface area contributed by atoms with Gasteiger partial charge in [0.2, 0.25) is 5.88 Å². The van der Waals surface area contributed by atoms with E-state index in [4.69, 9.17) is 0 Å². The Bertz CT molecular complexity index is 521. The van der Waals surface area contributed by atoms with Crippen LogP contribution in [0.25, 0.3) is 0 Å². The zero-order valence-electron chi connectivity index (χ0n) is 10.5. The molecule has 21 heavy (non-hydrogen) atoms. The summed E-state index contributed by atoms with van der Waals surface area (Å²) in [5.41, 5.74) is -1.12. The number of ether oxygens (including phenoxy) is 2. The molecule has 10 heteroatoms. The average Bonchev–Trinajstić information content (AvgIpc) is 2.24. The van der Waals surface area contributed by atoms with Crippen LogP contribution in [0.2, 0.25) is 0 Å². The van der Waals surface area contributed by atoms with E-state index in [0.717, 1.165) is 6.07 Å². The van der Waals surface area contributed by atoms with Crippen LogP contribution in [0.5, 0.6) is 5.88 Å². The number of alkyl halides is 5. The molecule has 0 saturated carbocycles. The smallest absolute Gasteiger partial charge is 0.466 e. The number of rotatable bonds is 5. The highest BCUT2D eigenvalue weighted by molar-refractivity contribution is 14.1. The van der Waals surface area contributed by atoms with Crippen molar-refractivity contribution < 1.29 is 36.2 Å². The summed E-state index contributed by atoms with van der Waals surface area (Å²) in [5, 5.41) is 0. The summed E-state index contributed by atoms with van der Waals surface area (Å²) in [6, 6.07) is 0.726. The number of nitrogens with zero attached hydrogens (tertiary/aromatic N) is 1. The van der Waals surface area contributed by atoms with Gasteiger partial charge in [-0.3, -0.25) is 4.79 Å². The predicted molar refractivity (Wildman–Crippen MR) is 68.9 cm³/mol. The van der Waals surface area contributed by atoms with E-state index >= 15 is 0 Å². The number of carbonyl (C=O) groups excluding carboxylic acids is 1. The number of aromatic nitrogens is 1. The van der Waals surface area contributed by atoms with E-state index in [9.17, 15) is 26.7 Å². The predicted octanol–water partition coefficient (Wildman–Crippen LogP) is 3.63. The number of halogens is 6.